The molecule has 4 aromatic rings. The normalized spacial score (nSPS) is 13.1. The molecule has 4 rings (SSSR count). The second-order valence-electron chi connectivity index (χ2n) is 33.5. The minimum atomic E-state index is -2.86. The number of carbonyl (C=O) groups is 3. The largest absolute Gasteiger partial charge is 0.462 e. The smallest absolute Gasteiger partial charge is 0.306 e. The minimum absolute atomic E-state index is 0.0785. The van der Waals surface area contributed by atoms with Crippen LogP contribution in [0.4, 0.5) is 0 Å². The van der Waals surface area contributed by atoms with Gasteiger partial charge in [0.1, 0.15) is 18.3 Å². The average molecular weight is 1550 g/mol. The molecule has 0 bridgehead atoms. The van der Waals surface area contributed by atoms with Gasteiger partial charge in [-0.05, 0) is 75.8 Å². The first-order valence-electron chi connectivity index (χ1n) is 44.8. The molecule has 0 aliphatic carbocycles. The number of ether oxygens (including phenoxy) is 5. The molecule has 11 nitrogen and oxygen atoms in total. The van der Waals surface area contributed by atoms with E-state index in [9.17, 15) is 19.5 Å². The number of aliphatic hydroxyl groups excluding tert-OH is 1. The SMILES string of the molecule is CCCCCCCCCCCC(=O)O[C@H](CCCCCCC)CCOC[C@H](O)CO[Si](c1ccccc1)(c1ccccc1)C(C)(C)C.CCCCCCCCCCCCCC(=O)O[C@@H](COCC[C@@H](CCCCCCC)OC(=O)CCCCCCCCCCC)CO[Si](c1ccccc1)(c1ccccc1)C(C)(C)C. The molecule has 0 saturated heterocycles. The van der Waals surface area contributed by atoms with Crippen LogP contribution in [0.1, 0.15) is 372 Å². The Balaban J connectivity index is 0.000000587. The summed E-state index contributed by atoms with van der Waals surface area (Å²) >= 11 is 0. The van der Waals surface area contributed by atoms with E-state index >= 15 is 0 Å². The van der Waals surface area contributed by atoms with Crippen molar-refractivity contribution in [3.63, 3.8) is 0 Å². The fourth-order valence-corrected chi connectivity index (χ4v) is 24.5. The molecule has 620 valence electrons. The Kier molecular flexibility index (Phi) is 57.0. The molecule has 0 aliphatic rings. The van der Waals surface area contributed by atoms with Gasteiger partial charge in [-0.1, -0.05) is 416 Å². The summed E-state index contributed by atoms with van der Waals surface area (Å²) in [6, 6.07) is 42.2. The zero-order valence-corrected chi connectivity index (χ0v) is 73.7. The summed E-state index contributed by atoms with van der Waals surface area (Å²) in [6.07, 6.45) is 50.3. The van der Waals surface area contributed by atoms with Crippen LogP contribution in [0.25, 0.3) is 0 Å². The first kappa shape index (κ1) is 98.7. The zero-order chi connectivity index (χ0) is 79.2. The molecular formula is C96H162O11Si2. The van der Waals surface area contributed by atoms with E-state index in [4.69, 9.17) is 32.5 Å². The van der Waals surface area contributed by atoms with Crippen molar-refractivity contribution in [2.24, 2.45) is 0 Å². The number of carbonyl (C=O) groups excluding carboxylic acids is 3. The van der Waals surface area contributed by atoms with E-state index in [1.54, 1.807) is 0 Å². The standard InChI is InChI=1S/C55H94O6Si.C41H68O5Si/c1-7-10-13-16-18-20-21-23-25-28-37-44-54(57)61-50(48-59-62(55(4,5)6,51-39-32-29-33-40-51)52-41-34-30-35-42-52)47-58-46-45-49(38-31-26-15-12-9-3)60-53(56)43-36-27-24-22-19-17-14-11-8-2;1-6-8-10-12-13-14-15-17-25-31-40(43)46-37(26-20-16-11-9-7-2)32-33-44-34-36(42)35-45-47(41(3,4)5,38-27-21-18-22-28-38)39-29-23-19-24-30-39/h29-30,32-35,39-42,49-50H,7-28,31,36-38,43-48H2,1-6H3;18-19,21-24,27-30,36-37,42H,6-17,20,25-26,31-35H2,1-5H3/t49-,50+;36-,37+/m10/s1. The van der Waals surface area contributed by atoms with Crippen molar-refractivity contribution in [2.75, 3.05) is 39.6 Å². The monoisotopic (exact) mass is 1550 g/mol. The maximum Gasteiger partial charge on any atom is 0.306 e. The van der Waals surface area contributed by atoms with Crippen LogP contribution in [0.2, 0.25) is 10.1 Å². The second kappa shape index (κ2) is 62.9. The van der Waals surface area contributed by atoms with Crippen LogP contribution < -0.4 is 20.7 Å². The molecule has 0 radical (unpaired) electrons. The van der Waals surface area contributed by atoms with Crippen LogP contribution in [0.5, 0.6) is 0 Å². The van der Waals surface area contributed by atoms with E-state index in [2.05, 4.69) is 185 Å². The number of hydrogen-bond acceptors (Lipinski definition) is 11. The maximum atomic E-state index is 13.4. The van der Waals surface area contributed by atoms with Gasteiger partial charge < -0.3 is 37.6 Å². The highest BCUT2D eigenvalue weighted by Gasteiger charge is 2.52. The van der Waals surface area contributed by atoms with Gasteiger partial charge in [0.2, 0.25) is 0 Å². The third kappa shape index (κ3) is 43.6. The summed E-state index contributed by atoms with van der Waals surface area (Å²) in [5.41, 5.74) is 0. The number of esters is 3. The highest BCUT2D eigenvalue weighted by atomic mass is 28.4. The van der Waals surface area contributed by atoms with Crippen molar-refractivity contribution in [2.45, 2.75) is 406 Å². The minimum Gasteiger partial charge on any atom is -0.462 e. The highest BCUT2D eigenvalue weighted by molar-refractivity contribution is 7.00. The molecule has 4 atom stereocenters. The Labute approximate surface area is 670 Å². The molecular weight excluding hydrogens is 1390 g/mol. The van der Waals surface area contributed by atoms with Crippen LogP contribution >= 0.6 is 0 Å². The third-order valence-electron chi connectivity index (χ3n) is 21.7. The van der Waals surface area contributed by atoms with Crippen LogP contribution in [-0.2, 0) is 46.9 Å². The Bertz CT molecular complexity index is 2680. The first-order valence-corrected chi connectivity index (χ1v) is 48.7. The van der Waals surface area contributed by atoms with Crippen LogP contribution in [0.3, 0.4) is 0 Å². The van der Waals surface area contributed by atoms with Crippen LogP contribution in [0, 0.1) is 0 Å². The molecule has 0 saturated carbocycles. The van der Waals surface area contributed by atoms with Gasteiger partial charge in [0.05, 0.1) is 45.7 Å². The summed E-state index contributed by atoms with van der Waals surface area (Å²) in [5.74, 6) is -0.347. The summed E-state index contributed by atoms with van der Waals surface area (Å²) < 4.78 is 44.8. The van der Waals surface area contributed by atoms with Gasteiger partial charge in [0.25, 0.3) is 16.6 Å². The predicted octanol–water partition coefficient (Wildman–Crippen LogP) is 24.3. The van der Waals surface area contributed by atoms with Gasteiger partial charge in [-0.3, -0.25) is 14.4 Å². The van der Waals surface area contributed by atoms with Crippen molar-refractivity contribution >= 4 is 55.3 Å². The second-order valence-corrected chi connectivity index (χ2v) is 42.1. The molecule has 109 heavy (non-hydrogen) atoms. The molecule has 1 N–H and O–H groups in total. The molecule has 13 heteroatoms. The third-order valence-corrected chi connectivity index (χ3v) is 31.7. The number of rotatable bonds is 67. The van der Waals surface area contributed by atoms with Crippen LogP contribution in [0.15, 0.2) is 121 Å². The van der Waals surface area contributed by atoms with Crippen molar-refractivity contribution in [1.82, 2.24) is 0 Å². The van der Waals surface area contributed by atoms with Gasteiger partial charge in [-0.25, -0.2) is 0 Å². The average Bonchev–Trinajstić information content (AvgIpc) is 0.756. The summed E-state index contributed by atoms with van der Waals surface area (Å²) in [4.78, 5) is 39.2. The van der Waals surface area contributed by atoms with Gasteiger partial charge >= 0.3 is 17.9 Å². The topological polar surface area (TPSA) is 136 Å². The van der Waals surface area contributed by atoms with Gasteiger partial charge in [-0.2, -0.15) is 0 Å². The highest BCUT2D eigenvalue weighted by Crippen LogP contribution is 2.38. The van der Waals surface area contributed by atoms with E-state index in [1.165, 1.54) is 207 Å². The van der Waals surface area contributed by atoms with E-state index < -0.39 is 28.8 Å². The zero-order valence-electron chi connectivity index (χ0n) is 71.7. The van der Waals surface area contributed by atoms with Gasteiger partial charge in [-0.15, -0.1) is 0 Å². The number of aliphatic hydroxyl groups is 1. The molecule has 0 spiro atoms. The van der Waals surface area contributed by atoms with Gasteiger partial charge in [0.15, 0.2) is 0 Å². The molecule has 0 fully saturated rings. The lowest BCUT2D eigenvalue weighted by atomic mass is 10.1. The molecule has 0 aliphatic heterocycles. The summed E-state index contributed by atoms with van der Waals surface area (Å²) in [6.45, 7) is 26.5. The lowest BCUT2D eigenvalue weighted by Crippen LogP contribution is -2.67. The van der Waals surface area contributed by atoms with E-state index in [0.717, 1.165) is 77.0 Å². The van der Waals surface area contributed by atoms with Gasteiger partial charge in [0, 0.05) is 32.1 Å². The molecule has 0 heterocycles. The quantitative estimate of drug-likeness (QED) is 0.0196. The Morgan fingerprint density at radius 2 is 0.532 bits per heavy atom. The summed E-state index contributed by atoms with van der Waals surface area (Å²) in [7, 11) is -5.58. The number of hydrogen-bond donors (Lipinski definition) is 1. The van der Waals surface area contributed by atoms with Crippen molar-refractivity contribution in [3.8, 4) is 0 Å². The summed E-state index contributed by atoms with van der Waals surface area (Å²) in [5, 5.41) is 15.4. The Morgan fingerprint density at radius 1 is 0.294 bits per heavy atom. The van der Waals surface area contributed by atoms with E-state index in [0.29, 0.717) is 45.3 Å². The molecule has 0 amide bonds. The Hall–Kier alpha value is -4.48. The van der Waals surface area contributed by atoms with Crippen molar-refractivity contribution in [1.29, 1.82) is 0 Å². The fraction of sp³-hybridized carbons (Fsp3) is 0.719. The molecule has 0 aromatic heterocycles. The number of unbranched alkanes of at least 4 members (excludes halogenated alkanes) is 34. The fourth-order valence-electron chi connectivity index (χ4n) is 15.3. The predicted molar refractivity (Wildman–Crippen MR) is 465 cm³/mol. The number of benzene rings is 4. The van der Waals surface area contributed by atoms with E-state index in [1.807, 2.05) is 12.1 Å². The van der Waals surface area contributed by atoms with Crippen molar-refractivity contribution < 1.29 is 52.0 Å². The van der Waals surface area contributed by atoms with Crippen LogP contribution in [-0.4, -0.2) is 104 Å². The van der Waals surface area contributed by atoms with E-state index in [-0.39, 0.29) is 66.6 Å². The molecule has 4 aromatic carbocycles. The lowest BCUT2D eigenvalue weighted by molar-refractivity contribution is -0.156. The maximum absolute atomic E-state index is 13.4. The first-order chi connectivity index (χ1) is 52.9. The lowest BCUT2D eigenvalue weighted by Gasteiger charge is -2.43. The van der Waals surface area contributed by atoms with Crippen molar-refractivity contribution in [3.05, 3.63) is 121 Å². The Morgan fingerprint density at radius 3 is 0.807 bits per heavy atom. The molecule has 0 unspecified atom stereocenters.